The summed E-state index contributed by atoms with van der Waals surface area (Å²) in [6.07, 6.45) is 0. The van der Waals surface area contributed by atoms with Gasteiger partial charge in [-0.25, -0.2) is 9.18 Å². The molecule has 160 valence electrons. The van der Waals surface area contributed by atoms with E-state index in [2.05, 4.69) is 5.32 Å². The number of amides is 2. The lowest BCUT2D eigenvalue weighted by Crippen LogP contribution is -2.37. The number of rotatable bonds is 10. The molecule has 2 aromatic rings. The van der Waals surface area contributed by atoms with Crippen molar-refractivity contribution in [2.45, 2.75) is 6.92 Å². The van der Waals surface area contributed by atoms with Crippen LogP contribution >= 0.6 is 0 Å². The molecule has 0 aliphatic carbocycles. The first-order valence-corrected chi connectivity index (χ1v) is 9.18. The van der Waals surface area contributed by atoms with Gasteiger partial charge in [-0.1, -0.05) is 0 Å². The minimum absolute atomic E-state index is 0.254. The lowest BCUT2D eigenvalue weighted by molar-refractivity contribution is -0.153. The standard InChI is InChI=1S/C21H23FN2O6/c1-3-28-17-8-10-18(11-9-17)29-14-21(27)30-13-20(26)24(2)12-19(25)23-16-6-4-15(22)5-7-16/h4-11H,3,12-14H2,1-2H3,(H,23,25). The van der Waals surface area contributed by atoms with Gasteiger partial charge in [-0.3, -0.25) is 9.59 Å². The Labute approximate surface area is 173 Å². The van der Waals surface area contributed by atoms with Crippen molar-refractivity contribution >= 4 is 23.5 Å². The average Bonchev–Trinajstić information content (AvgIpc) is 2.73. The largest absolute Gasteiger partial charge is 0.494 e. The molecule has 0 spiro atoms. The van der Waals surface area contributed by atoms with Crippen LogP contribution in [0.25, 0.3) is 0 Å². The molecule has 0 unspecified atom stereocenters. The molecule has 0 atom stereocenters. The van der Waals surface area contributed by atoms with Crippen molar-refractivity contribution in [3.63, 3.8) is 0 Å². The van der Waals surface area contributed by atoms with E-state index in [1.807, 2.05) is 6.92 Å². The molecular formula is C21H23FN2O6. The molecule has 0 aromatic heterocycles. The zero-order chi connectivity index (χ0) is 21.9. The number of esters is 1. The monoisotopic (exact) mass is 418 g/mol. The van der Waals surface area contributed by atoms with Crippen LogP contribution in [0.5, 0.6) is 11.5 Å². The summed E-state index contributed by atoms with van der Waals surface area (Å²) in [5, 5.41) is 2.53. The second kappa shape index (κ2) is 11.4. The van der Waals surface area contributed by atoms with E-state index in [1.165, 1.54) is 31.3 Å². The van der Waals surface area contributed by atoms with Gasteiger partial charge in [-0.05, 0) is 55.5 Å². The molecular weight excluding hydrogens is 395 g/mol. The minimum atomic E-state index is -0.721. The maximum atomic E-state index is 12.9. The normalized spacial score (nSPS) is 10.1. The molecule has 0 saturated heterocycles. The number of anilines is 1. The molecule has 9 heteroatoms. The Morgan fingerprint density at radius 2 is 1.53 bits per heavy atom. The molecule has 0 saturated carbocycles. The number of carbonyl (C=O) groups is 3. The summed E-state index contributed by atoms with van der Waals surface area (Å²) in [5.41, 5.74) is 0.403. The highest BCUT2D eigenvalue weighted by Gasteiger charge is 2.15. The summed E-state index contributed by atoms with van der Waals surface area (Å²) in [7, 11) is 1.40. The number of nitrogens with zero attached hydrogens (tertiary/aromatic N) is 1. The Morgan fingerprint density at radius 3 is 2.13 bits per heavy atom. The predicted octanol–water partition coefficient (Wildman–Crippen LogP) is 2.24. The van der Waals surface area contributed by atoms with Gasteiger partial charge in [0, 0.05) is 12.7 Å². The number of carbonyl (C=O) groups excluding carboxylic acids is 3. The van der Waals surface area contributed by atoms with Crippen molar-refractivity contribution in [2.75, 3.05) is 38.7 Å². The molecule has 2 rings (SSSR count). The van der Waals surface area contributed by atoms with Gasteiger partial charge in [0.2, 0.25) is 5.91 Å². The van der Waals surface area contributed by atoms with E-state index in [0.29, 0.717) is 23.8 Å². The Bertz CT molecular complexity index is 855. The fourth-order valence-corrected chi connectivity index (χ4v) is 2.27. The summed E-state index contributed by atoms with van der Waals surface area (Å²) < 4.78 is 28.3. The van der Waals surface area contributed by atoms with E-state index in [1.54, 1.807) is 24.3 Å². The van der Waals surface area contributed by atoms with Gasteiger partial charge in [0.1, 0.15) is 17.3 Å². The molecule has 0 fully saturated rings. The van der Waals surface area contributed by atoms with Crippen molar-refractivity contribution in [1.29, 1.82) is 0 Å². The molecule has 0 bridgehead atoms. The lowest BCUT2D eigenvalue weighted by atomic mass is 10.3. The zero-order valence-electron chi connectivity index (χ0n) is 16.7. The van der Waals surface area contributed by atoms with Gasteiger partial charge in [0.05, 0.1) is 13.2 Å². The van der Waals surface area contributed by atoms with Gasteiger partial charge < -0.3 is 24.4 Å². The maximum absolute atomic E-state index is 12.9. The second-order valence-corrected chi connectivity index (χ2v) is 6.16. The highest BCUT2D eigenvalue weighted by Crippen LogP contribution is 2.17. The Balaban J connectivity index is 1.68. The summed E-state index contributed by atoms with van der Waals surface area (Å²) in [6.45, 7) is 1.28. The maximum Gasteiger partial charge on any atom is 0.344 e. The molecule has 30 heavy (non-hydrogen) atoms. The van der Waals surface area contributed by atoms with Crippen LogP contribution in [0.15, 0.2) is 48.5 Å². The van der Waals surface area contributed by atoms with E-state index in [-0.39, 0.29) is 13.2 Å². The van der Waals surface area contributed by atoms with Crippen molar-refractivity contribution in [2.24, 2.45) is 0 Å². The van der Waals surface area contributed by atoms with Crippen LogP contribution in [-0.4, -0.2) is 56.1 Å². The van der Waals surface area contributed by atoms with Crippen LogP contribution in [0.1, 0.15) is 6.92 Å². The quantitative estimate of drug-likeness (QED) is 0.595. The highest BCUT2D eigenvalue weighted by molar-refractivity contribution is 5.94. The molecule has 0 heterocycles. The van der Waals surface area contributed by atoms with Gasteiger partial charge in [-0.2, -0.15) is 0 Å². The molecule has 0 radical (unpaired) electrons. The number of hydrogen-bond donors (Lipinski definition) is 1. The van der Waals surface area contributed by atoms with Crippen LogP contribution in [-0.2, 0) is 19.1 Å². The van der Waals surface area contributed by atoms with Crippen LogP contribution in [0.4, 0.5) is 10.1 Å². The zero-order valence-corrected chi connectivity index (χ0v) is 16.7. The van der Waals surface area contributed by atoms with Crippen LogP contribution < -0.4 is 14.8 Å². The van der Waals surface area contributed by atoms with Gasteiger partial charge in [0.15, 0.2) is 13.2 Å². The number of likely N-dealkylation sites (N-methyl/N-ethyl adjacent to an activating group) is 1. The van der Waals surface area contributed by atoms with Crippen LogP contribution in [0, 0.1) is 5.82 Å². The average molecular weight is 418 g/mol. The van der Waals surface area contributed by atoms with Crippen LogP contribution in [0.2, 0.25) is 0 Å². The number of halogens is 1. The third kappa shape index (κ3) is 7.78. The summed E-state index contributed by atoms with van der Waals surface area (Å²) in [5.74, 6) is -1.03. The Hall–Kier alpha value is -3.62. The van der Waals surface area contributed by atoms with Gasteiger partial charge >= 0.3 is 5.97 Å². The third-order valence-electron chi connectivity index (χ3n) is 3.78. The molecule has 8 nitrogen and oxygen atoms in total. The van der Waals surface area contributed by atoms with E-state index in [4.69, 9.17) is 14.2 Å². The van der Waals surface area contributed by atoms with Gasteiger partial charge in [-0.15, -0.1) is 0 Å². The van der Waals surface area contributed by atoms with E-state index < -0.39 is 30.2 Å². The molecule has 0 aliphatic rings. The second-order valence-electron chi connectivity index (χ2n) is 6.16. The summed E-state index contributed by atoms with van der Waals surface area (Å²) in [4.78, 5) is 36.8. The smallest absolute Gasteiger partial charge is 0.344 e. The predicted molar refractivity (Wildman–Crippen MR) is 107 cm³/mol. The van der Waals surface area contributed by atoms with Crippen molar-refractivity contribution in [3.05, 3.63) is 54.3 Å². The topological polar surface area (TPSA) is 94.2 Å². The first-order valence-electron chi connectivity index (χ1n) is 9.18. The van der Waals surface area contributed by atoms with E-state index >= 15 is 0 Å². The van der Waals surface area contributed by atoms with Gasteiger partial charge in [0.25, 0.3) is 5.91 Å². The first kappa shape index (κ1) is 22.7. The number of benzene rings is 2. The number of ether oxygens (including phenoxy) is 3. The summed E-state index contributed by atoms with van der Waals surface area (Å²) >= 11 is 0. The highest BCUT2D eigenvalue weighted by atomic mass is 19.1. The summed E-state index contributed by atoms with van der Waals surface area (Å²) in [6, 6.07) is 11.9. The van der Waals surface area contributed by atoms with E-state index in [9.17, 15) is 18.8 Å². The fraction of sp³-hybridized carbons (Fsp3) is 0.286. The molecule has 1 N–H and O–H groups in total. The Kier molecular flexibility index (Phi) is 8.61. The SMILES string of the molecule is CCOc1ccc(OCC(=O)OCC(=O)N(C)CC(=O)Nc2ccc(F)cc2)cc1. The van der Waals surface area contributed by atoms with Crippen molar-refractivity contribution in [1.82, 2.24) is 4.90 Å². The molecule has 2 aromatic carbocycles. The Morgan fingerprint density at radius 1 is 0.933 bits per heavy atom. The minimum Gasteiger partial charge on any atom is -0.494 e. The number of nitrogens with one attached hydrogen (secondary N) is 1. The molecule has 0 aliphatic heterocycles. The van der Waals surface area contributed by atoms with Crippen molar-refractivity contribution in [3.8, 4) is 11.5 Å². The van der Waals surface area contributed by atoms with Crippen molar-refractivity contribution < 1.29 is 33.0 Å². The van der Waals surface area contributed by atoms with E-state index in [0.717, 1.165) is 4.90 Å². The number of hydrogen-bond acceptors (Lipinski definition) is 6. The fourth-order valence-electron chi connectivity index (χ4n) is 2.27. The molecule has 2 amide bonds. The lowest BCUT2D eigenvalue weighted by Gasteiger charge is -2.17. The third-order valence-corrected chi connectivity index (χ3v) is 3.78. The first-order chi connectivity index (χ1) is 14.4. The van der Waals surface area contributed by atoms with Crippen LogP contribution in [0.3, 0.4) is 0 Å².